The molecule has 0 aliphatic carbocycles. The lowest BCUT2D eigenvalue weighted by Gasteiger charge is -2.11. The van der Waals surface area contributed by atoms with Crippen LogP contribution in [0.1, 0.15) is 29.1 Å². The zero-order valence-electron chi connectivity index (χ0n) is 11.8. The third-order valence-electron chi connectivity index (χ3n) is 3.58. The molecular formula is C17H18N2S. The fourth-order valence-electron chi connectivity index (χ4n) is 2.31. The van der Waals surface area contributed by atoms with Gasteiger partial charge in [0.15, 0.2) is 0 Å². The number of aromatic nitrogens is 1. The number of fused-ring (bicyclic) bond motifs is 1. The lowest BCUT2D eigenvalue weighted by atomic mass is 10.0. The molecule has 0 aliphatic rings. The van der Waals surface area contributed by atoms with E-state index in [1.54, 1.807) is 11.3 Å². The topological polar surface area (TPSA) is 24.9 Å². The lowest BCUT2D eigenvalue weighted by Crippen LogP contribution is -2.12. The Morgan fingerprint density at radius 3 is 2.80 bits per heavy atom. The van der Waals surface area contributed by atoms with E-state index in [1.807, 2.05) is 13.1 Å². The molecule has 0 saturated carbocycles. The molecule has 2 aromatic carbocycles. The van der Waals surface area contributed by atoms with E-state index in [2.05, 4.69) is 54.7 Å². The molecule has 3 rings (SSSR count). The number of rotatable bonds is 4. The Labute approximate surface area is 123 Å². The molecule has 1 atom stereocenters. The summed E-state index contributed by atoms with van der Waals surface area (Å²) < 4.78 is 1.27. The monoisotopic (exact) mass is 282 g/mol. The summed E-state index contributed by atoms with van der Waals surface area (Å²) >= 11 is 1.79. The van der Waals surface area contributed by atoms with Crippen LogP contribution in [0.4, 0.5) is 0 Å². The lowest BCUT2D eigenvalue weighted by molar-refractivity contribution is 0.651. The van der Waals surface area contributed by atoms with Gasteiger partial charge in [-0.05, 0) is 37.2 Å². The first-order valence-electron chi connectivity index (χ1n) is 6.87. The largest absolute Gasteiger partial charge is 0.313 e. The maximum absolute atomic E-state index is 4.71. The highest BCUT2D eigenvalue weighted by Crippen LogP contribution is 2.24. The first kappa shape index (κ1) is 13.3. The molecule has 0 spiro atoms. The fraction of sp³-hybridized carbons (Fsp3) is 0.235. The van der Waals surface area contributed by atoms with E-state index in [1.165, 1.54) is 20.8 Å². The summed E-state index contributed by atoms with van der Waals surface area (Å²) in [6.07, 6.45) is 0.906. The molecule has 0 radical (unpaired) electrons. The molecule has 3 heteroatoms. The molecular weight excluding hydrogens is 264 g/mol. The van der Waals surface area contributed by atoms with Gasteiger partial charge in [0.05, 0.1) is 15.2 Å². The number of hydrogen-bond donors (Lipinski definition) is 1. The van der Waals surface area contributed by atoms with Crippen molar-refractivity contribution in [2.24, 2.45) is 0 Å². The first-order chi connectivity index (χ1) is 9.76. The minimum atomic E-state index is 0.380. The van der Waals surface area contributed by atoms with E-state index >= 15 is 0 Å². The van der Waals surface area contributed by atoms with Crippen LogP contribution in [0.15, 0.2) is 48.5 Å². The standard InChI is InChI=1S/C17H18N2S/c1-12(18-2)14-7-5-6-13(10-14)11-17-19-15-8-3-4-9-16(15)20-17/h3-10,12,18H,11H2,1-2H3. The van der Waals surface area contributed by atoms with Crippen molar-refractivity contribution < 1.29 is 0 Å². The molecule has 1 aromatic heterocycles. The van der Waals surface area contributed by atoms with Gasteiger partial charge in [0.2, 0.25) is 0 Å². The molecule has 0 fully saturated rings. The summed E-state index contributed by atoms with van der Waals surface area (Å²) in [5.41, 5.74) is 3.75. The number of nitrogens with zero attached hydrogens (tertiary/aromatic N) is 1. The van der Waals surface area contributed by atoms with Gasteiger partial charge >= 0.3 is 0 Å². The zero-order chi connectivity index (χ0) is 13.9. The van der Waals surface area contributed by atoms with Crippen LogP contribution >= 0.6 is 11.3 Å². The van der Waals surface area contributed by atoms with E-state index in [-0.39, 0.29) is 0 Å². The number of thiazole rings is 1. The molecule has 0 saturated heterocycles. The normalized spacial score (nSPS) is 12.7. The second kappa shape index (κ2) is 5.73. The van der Waals surface area contributed by atoms with Gasteiger partial charge < -0.3 is 5.32 Å². The smallest absolute Gasteiger partial charge is 0.0982 e. The molecule has 1 N–H and O–H groups in total. The minimum absolute atomic E-state index is 0.380. The van der Waals surface area contributed by atoms with E-state index < -0.39 is 0 Å². The summed E-state index contributed by atoms with van der Waals surface area (Å²) in [7, 11) is 1.99. The zero-order valence-corrected chi connectivity index (χ0v) is 12.6. The number of nitrogens with one attached hydrogen (secondary N) is 1. The van der Waals surface area contributed by atoms with E-state index in [4.69, 9.17) is 4.98 Å². The molecule has 0 aliphatic heterocycles. The Morgan fingerprint density at radius 1 is 1.15 bits per heavy atom. The first-order valence-corrected chi connectivity index (χ1v) is 7.68. The number of benzene rings is 2. The van der Waals surface area contributed by atoms with Crippen LogP contribution in [0.25, 0.3) is 10.2 Å². The Bertz CT molecular complexity index is 685. The van der Waals surface area contributed by atoms with Crippen molar-refractivity contribution in [3.05, 3.63) is 64.7 Å². The van der Waals surface area contributed by atoms with Crippen LogP contribution < -0.4 is 5.32 Å². The van der Waals surface area contributed by atoms with E-state index in [0.717, 1.165) is 11.9 Å². The Hall–Kier alpha value is -1.71. The minimum Gasteiger partial charge on any atom is -0.313 e. The molecule has 102 valence electrons. The van der Waals surface area contributed by atoms with Gasteiger partial charge in [0.25, 0.3) is 0 Å². The number of para-hydroxylation sites is 1. The van der Waals surface area contributed by atoms with Crippen LogP contribution in [0, 0.1) is 0 Å². The maximum atomic E-state index is 4.71. The summed E-state index contributed by atoms with van der Waals surface area (Å²) in [5, 5.41) is 4.46. The number of hydrogen-bond acceptors (Lipinski definition) is 3. The van der Waals surface area contributed by atoms with Crippen LogP contribution in [-0.4, -0.2) is 12.0 Å². The Kier molecular flexibility index (Phi) is 3.81. The highest BCUT2D eigenvalue weighted by molar-refractivity contribution is 7.18. The van der Waals surface area contributed by atoms with Gasteiger partial charge in [0, 0.05) is 12.5 Å². The van der Waals surface area contributed by atoms with Gasteiger partial charge in [-0.2, -0.15) is 0 Å². The van der Waals surface area contributed by atoms with E-state index in [9.17, 15) is 0 Å². The van der Waals surface area contributed by atoms with Crippen LogP contribution in [-0.2, 0) is 6.42 Å². The predicted octanol–water partition coefficient (Wildman–Crippen LogP) is 4.17. The van der Waals surface area contributed by atoms with Crippen molar-refractivity contribution in [2.45, 2.75) is 19.4 Å². The maximum Gasteiger partial charge on any atom is 0.0982 e. The average Bonchev–Trinajstić information content (AvgIpc) is 2.88. The van der Waals surface area contributed by atoms with Gasteiger partial charge in [-0.15, -0.1) is 11.3 Å². The van der Waals surface area contributed by atoms with Gasteiger partial charge in [-0.25, -0.2) is 4.98 Å². The van der Waals surface area contributed by atoms with Crippen LogP contribution in [0.3, 0.4) is 0 Å². The van der Waals surface area contributed by atoms with Crippen molar-refractivity contribution >= 4 is 21.6 Å². The van der Waals surface area contributed by atoms with Gasteiger partial charge in [-0.1, -0.05) is 36.4 Å². The molecule has 1 unspecified atom stereocenters. The highest BCUT2D eigenvalue weighted by atomic mass is 32.1. The van der Waals surface area contributed by atoms with Gasteiger partial charge in [0.1, 0.15) is 0 Å². The summed E-state index contributed by atoms with van der Waals surface area (Å²) in [4.78, 5) is 4.71. The molecule has 3 aromatic rings. The molecule has 20 heavy (non-hydrogen) atoms. The third-order valence-corrected chi connectivity index (χ3v) is 4.61. The predicted molar refractivity (Wildman–Crippen MR) is 86.3 cm³/mol. The average molecular weight is 282 g/mol. The molecule has 0 bridgehead atoms. The second-order valence-corrected chi connectivity index (χ2v) is 6.12. The SMILES string of the molecule is CNC(C)c1cccc(Cc2nc3ccccc3s2)c1. The summed E-state index contributed by atoms with van der Waals surface area (Å²) in [6.45, 7) is 2.18. The van der Waals surface area contributed by atoms with Crippen molar-refractivity contribution in [2.75, 3.05) is 7.05 Å². The summed E-state index contributed by atoms with van der Waals surface area (Å²) in [6, 6.07) is 17.5. The highest BCUT2D eigenvalue weighted by Gasteiger charge is 2.07. The molecule has 1 heterocycles. The Balaban J connectivity index is 1.87. The quantitative estimate of drug-likeness (QED) is 0.777. The second-order valence-electron chi connectivity index (χ2n) is 5.01. The van der Waals surface area contributed by atoms with Crippen molar-refractivity contribution in [1.82, 2.24) is 10.3 Å². The van der Waals surface area contributed by atoms with Crippen molar-refractivity contribution in [3.63, 3.8) is 0 Å². The molecule has 2 nitrogen and oxygen atoms in total. The van der Waals surface area contributed by atoms with Crippen LogP contribution in [0.2, 0.25) is 0 Å². The fourth-order valence-corrected chi connectivity index (χ4v) is 3.31. The van der Waals surface area contributed by atoms with Crippen molar-refractivity contribution in [3.8, 4) is 0 Å². The van der Waals surface area contributed by atoms with Crippen LogP contribution in [0.5, 0.6) is 0 Å². The third kappa shape index (κ3) is 2.74. The van der Waals surface area contributed by atoms with Crippen molar-refractivity contribution in [1.29, 1.82) is 0 Å². The Morgan fingerprint density at radius 2 is 2.00 bits per heavy atom. The van der Waals surface area contributed by atoms with E-state index in [0.29, 0.717) is 6.04 Å². The van der Waals surface area contributed by atoms with Gasteiger partial charge in [-0.3, -0.25) is 0 Å². The molecule has 0 amide bonds. The summed E-state index contributed by atoms with van der Waals surface area (Å²) in [5.74, 6) is 0.